The SMILES string of the molecule is CC1CN(Cc2nc3c(c(=O)n(C)c(=O)n3C)n2Cc2ccc(Cl)cc2Cl)CC(C)O1. The van der Waals surface area contributed by atoms with Crippen LogP contribution < -0.4 is 11.2 Å². The molecule has 2 aromatic heterocycles. The van der Waals surface area contributed by atoms with Gasteiger partial charge in [0.15, 0.2) is 11.2 Å². The summed E-state index contributed by atoms with van der Waals surface area (Å²) in [6, 6.07) is 5.28. The Balaban J connectivity index is 1.87. The molecule has 4 rings (SSSR count). The van der Waals surface area contributed by atoms with Gasteiger partial charge in [0.1, 0.15) is 5.82 Å². The number of benzene rings is 1. The summed E-state index contributed by atoms with van der Waals surface area (Å²) in [6.45, 7) is 6.45. The third-order valence-electron chi connectivity index (χ3n) is 5.63. The number of aryl methyl sites for hydroxylation is 1. The first-order valence-corrected chi connectivity index (χ1v) is 10.9. The first-order chi connectivity index (χ1) is 14.7. The lowest BCUT2D eigenvalue weighted by molar-refractivity contribution is -0.0712. The molecule has 0 spiro atoms. The van der Waals surface area contributed by atoms with Gasteiger partial charge in [-0.25, -0.2) is 9.78 Å². The van der Waals surface area contributed by atoms with Crippen LogP contribution in [0, 0.1) is 0 Å². The summed E-state index contributed by atoms with van der Waals surface area (Å²) in [5, 5.41) is 1.05. The Morgan fingerprint density at radius 2 is 1.74 bits per heavy atom. The van der Waals surface area contributed by atoms with Gasteiger partial charge in [-0.3, -0.25) is 18.8 Å². The molecule has 2 atom stereocenters. The summed E-state index contributed by atoms with van der Waals surface area (Å²) in [5.41, 5.74) is 0.756. The van der Waals surface area contributed by atoms with Crippen molar-refractivity contribution < 1.29 is 4.74 Å². The highest BCUT2D eigenvalue weighted by atomic mass is 35.5. The highest BCUT2D eigenvalue weighted by Gasteiger charge is 2.26. The van der Waals surface area contributed by atoms with Crippen LogP contribution >= 0.6 is 23.2 Å². The summed E-state index contributed by atoms with van der Waals surface area (Å²) in [4.78, 5) is 32.5. The van der Waals surface area contributed by atoms with Crippen molar-refractivity contribution in [2.45, 2.75) is 39.1 Å². The molecule has 0 saturated carbocycles. The Morgan fingerprint density at radius 1 is 1.06 bits per heavy atom. The van der Waals surface area contributed by atoms with Crippen molar-refractivity contribution >= 4 is 34.4 Å². The van der Waals surface area contributed by atoms with Crippen LogP contribution in [-0.4, -0.2) is 48.9 Å². The molecule has 0 aliphatic carbocycles. The molecule has 166 valence electrons. The second kappa shape index (κ2) is 8.43. The maximum Gasteiger partial charge on any atom is 0.332 e. The molecule has 31 heavy (non-hydrogen) atoms. The van der Waals surface area contributed by atoms with Crippen LogP contribution in [0.3, 0.4) is 0 Å². The van der Waals surface area contributed by atoms with E-state index >= 15 is 0 Å². The first-order valence-electron chi connectivity index (χ1n) is 10.1. The quantitative estimate of drug-likeness (QED) is 0.591. The van der Waals surface area contributed by atoms with Gasteiger partial charge in [-0.2, -0.15) is 0 Å². The molecule has 0 radical (unpaired) electrons. The number of aromatic nitrogens is 4. The van der Waals surface area contributed by atoms with Gasteiger partial charge in [-0.15, -0.1) is 0 Å². The number of fused-ring (bicyclic) bond motifs is 1. The van der Waals surface area contributed by atoms with Crippen LogP contribution in [0.4, 0.5) is 0 Å². The van der Waals surface area contributed by atoms with E-state index in [1.165, 1.54) is 11.6 Å². The third-order valence-corrected chi connectivity index (χ3v) is 6.22. The average Bonchev–Trinajstić information content (AvgIpc) is 3.04. The number of hydrogen-bond acceptors (Lipinski definition) is 5. The number of halogens is 2. The van der Waals surface area contributed by atoms with Crippen molar-refractivity contribution in [3.05, 3.63) is 60.5 Å². The van der Waals surface area contributed by atoms with Gasteiger partial charge in [0.2, 0.25) is 0 Å². The summed E-state index contributed by atoms with van der Waals surface area (Å²) < 4.78 is 10.2. The van der Waals surface area contributed by atoms with Gasteiger partial charge in [0.25, 0.3) is 5.56 Å². The molecule has 1 aliphatic rings. The minimum absolute atomic E-state index is 0.101. The molecular weight excluding hydrogens is 441 g/mol. The number of morpholine rings is 1. The van der Waals surface area contributed by atoms with Gasteiger partial charge < -0.3 is 9.30 Å². The Kier molecular flexibility index (Phi) is 6.00. The molecule has 1 fully saturated rings. The predicted molar refractivity (Wildman–Crippen MR) is 121 cm³/mol. The standard InChI is InChI=1S/C21H25Cl2N5O3/c1-12-8-27(9-13(2)31-12)11-17-24-19-18(20(29)26(4)21(30)25(19)3)28(17)10-14-5-6-15(22)7-16(14)23/h5-7,12-13H,8-11H2,1-4H3. The summed E-state index contributed by atoms with van der Waals surface area (Å²) in [5.74, 6) is 0.695. The molecule has 0 amide bonds. The lowest BCUT2D eigenvalue weighted by Crippen LogP contribution is -2.45. The fourth-order valence-corrected chi connectivity index (χ4v) is 4.68. The van der Waals surface area contributed by atoms with Crippen molar-refractivity contribution in [3.8, 4) is 0 Å². The minimum Gasteiger partial charge on any atom is -0.373 e. The summed E-state index contributed by atoms with van der Waals surface area (Å²) >= 11 is 12.5. The van der Waals surface area contributed by atoms with Crippen LogP contribution in [0.5, 0.6) is 0 Å². The van der Waals surface area contributed by atoms with Gasteiger partial charge in [-0.05, 0) is 31.5 Å². The van der Waals surface area contributed by atoms with Crippen molar-refractivity contribution in [3.63, 3.8) is 0 Å². The molecule has 0 bridgehead atoms. The smallest absolute Gasteiger partial charge is 0.332 e. The lowest BCUT2D eigenvalue weighted by Gasteiger charge is -2.35. The Hall–Kier alpha value is -2.13. The molecule has 2 unspecified atom stereocenters. The fraction of sp³-hybridized carbons (Fsp3) is 0.476. The van der Waals surface area contributed by atoms with E-state index in [4.69, 9.17) is 32.9 Å². The third kappa shape index (κ3) is 4.17. The van der Waals surface area contributed by atoms with Crippen LogP contribution in [0.2, 0.25) is 10.0 Å². The number of hydrogen-bond donors (Lipinski definition) is 0. The molecule has 1 aromatic carbocycles. The molecule has 10 heteroatoms. The van der Waals surface area contributed by atoms with Crippen molar-refractivity contribution in [1.82, 2.24) is 23.6 Å². The minimum atomic E-state index is -0.410. The zero-order valence-corrected chi connectivity index (χ0v) is 19.4. The van der Waals surface area contributed by atoms with E-state index in [0.29, 0.717) is 40.1 Å². The van der Waals surface area contributed by atoms with Crippen molar-refractivity contribution in [1.29, 1.82) is 0 Å². The van der Waals surface area contributed by atoms with Gasteiger partial charge in [-0.1, -0.05) is 29.3 Å². The number of ether oxygens (including phenoxy) is 1. The van der Waals surface area contributed by atoms with Gasteiger partial charge in [0, 0.05) is 37.2 Å². The molecule has 1 aliphatic heterocycles. The number of rotatable bonds is 4. The Bertz CT molecular complexity index is 1250. The van der Waals surface area contributed by atoms with E-state index in [9.17, 15) is 9.59 Å². The summed E-state index contributed by atoms with van der Waals surface area (Å²) in [6.07, 6.45) is 0.203. The maximum atomic E-state index is 13.1. The van der Waals surface area contributed by atoms with E-state index in [2.05, 4.69) is 4.90 Å². The van der Waals surface area contributed by atoms with Crippen LogP contribution in [0.25, 0.3) is 11.2 Å². The molecule has 3 heterocycles. The van der Waals surface area contributed by atoms with Gasteiger partial charge >= 0.3 is 5.69 Å². The number of imidazole rings is 1. The van der Waals surface area contributed by atoms with E-state index in [1.807, 2.05) is 24.5 Å². The van der Waals surface area contributed by atoms with E-state index in [-0.39, 0.29) is 17.8 Å². The fourth-order valence-electron chi connectivity index (χ4n) is 4.22. The molecule has 3 aromatic rings. The zero-order valence-electron chi connectivity index (χ0n) is 17.9. The van der Waals surface area contributed by atoms with Crippen LogP contribution in [0.15, 0.2) is 27.8 Å². The number of nitrogens with zero attached hydrogens (tertiary/aromatic N) is 5. The molecule has 8 nitrogen and oxygen atoms in total. The second-order valence-electron chi connectivity index (χ2n) is 8.18. The second-order valence-corrected chi connectivity index (χ2v) is 9.02. The first kappa shape index (κ1) is 22.1. The van der Waals surface area contributed by atoms with Gasteiger partial charge in [0.05, 0.1) is 25.3 Å². The van der Waals surface area contributed by atoms with Crippen LogP contribution in [-0.2, 0) is 31.9 Å². The molecular formula is C21H25Cl2N5O3. The normalized spacial score (nSPS) is 19.9. The Labute approximate surface area is 189 Å². The zero-order chi connectivity index (χ0) is 22.4. The van der Waals surface area contributed by atoms with Crippen molar-refractivity contribution in [2.24, 2.45) is 14.1 Å². The average molecular weight is 466 g/mol. The van der Waals surface area contributed by atoms with E-state index in [0.717, 1.165) is 23.2 Å². The monoisotopic (exact) mass is 465 g/mol. The highest BCUT2D eigenvalue weighted by Crippen LogP contribution is 2.24. The lowest BCUT2D eigenvalue weighted by atomic mass is 10.2. The van der Waals surface area contributed by atoms with Crippen molar-refractivity contribution in [2.75, 3.05) is 13.1 Å². The molecule has 0 N–H and O–H groups in total. The van der Waals surface area contributed by atoms with E-state index in [1.54, 1.807) is 19.2 Å². The largest absolute Gasteiger partial charge is 0.373 e. The Morgan fingerprint density at radius 3 is 2.39 bits per heavy atom. The topological polar surface area (TPSA) is 74.3 Å². The summed E-state index contributed by atoms with van der Waals surface area (Å²) in [7, 11) is 3.10. The maximum absolute atomic E-state index is 13.1. The molecule has 1 saturated heterocycles. The predicted octanol–water partition coefficient (Wildman–Crippen LogP) is 2.40. The van der Waals surface area contributed by atoms with Crippen LogP contribution in [0.1, 0.15) is 25.2 Å². The van der Waals surface area contributed by atoms with E-state index < -0.39 is 5.69 Å². The highest BCUT2D eigenvalue weighted by molar-refractivity contribution is 6.35.